The van der Waals surface area contributed by atoms with Crippen LogP contribution in [0.15, 0.2) is 83.1 Å². The molecule has 0 radical (unpaired) electrons. The lowest BCUT2D eigenvalue weighted by Gasteiger charge is -2.16. The third-order valence-corrected chi connectivity index (χ3v) is 7.75. The van der Waals surface area contributed by atoms with Gasteiger partial charge in [-0.2, -0.15) is 0 Å². The highest BCUT2D eigenvalue weighted by atomic mass is 35.5. The van der Waals surface area contributed by atoms with Gasteiger partial charge in [0.1, 0.15) is 13.2 Å². The Morgan fingerprint density at radius 2 is 1.93 bits per heavy atom. The van der Waals surface area contributed by atoms with Gasteiger partial charge in [-0.1, -0.05) is 35.9 Å². The summed E-state index contributed by atoms with van der Waals surface area (Å²) in [4.78, 5) is 40.5. The second kappa shape index (κ2) is 13.6. The lowest BCUT2D eigenvalue weighted by atomic mass is 10.0. The second-order valence-electron chi connectivity index (χ2n) is 8.67. The molecule has 1 aliphatic heterocycles. The summed E-state index contributed by atoms with van der Waals surface area (Å²) in [6.45, 7) is 3.76. The molecule has 3 aromatic carbocycles. The number of halogens is 1. The Morgan fingerprint density at radius 3 is 2.62 bits per heavy atom. The Bertz CT molecular complexity index is 1470. The van der Waals surface area contributed by atoms with E-state index in [4.69, 9.17) is 21.1 Å². The number of ether oxygens (including phenoxy) is 2. The molecule has 1 saturated heterocycles. The molecule has 0 atom stereocenters. The summed E-state index contributed by atoms with van der Waals surface area (Å²) in [5.74, 6) is 0.0460. The number of amides is 3. The molecule has 0 aliphatic carbocycles. The molecule has 1 fully saturated rings. The number of methoxy groups -OCH3 is 1. The normalized spacial score (nSPS) is 14.0. The molecular weight excluding hydrogens is 568 g/mol. The van der Waals surface area contributed by atoms with Crippen LogP contribution < -0.4 is 14.8 Å². The van der Waals surface area contributed by atoms with Crippen molar-refractivity contribution in [2.75, 3.05) is 25.2 Å². The van der Waals surface area contributed by atoms with E-state index in [1.54, 1.807) is 48.2 Å². The Morgan fingerprint density at radius 1 is 1.15 bits per heavy atom. The van der Waals surface area contributed by atoms with Crippen molar-refractivity contribution in [3.05, 3.63) is 99.9 Å². The van der Waals surface area contributed by atoms with Gasteiger partial charge >= 0.3 is 0 Å². The molecule has 1 heterocycles. The molecule has 0 unspecified atom stereocenters. The number of anilines is 1. The standard InChI is InChI=1S/C30H27ClN2O5S2/c1-4-6-21-13-20(14-25(37-2)28(21)38-18-19-9-11-22(31)12-10-19)15-26-29(35)33(30(36)40-26)17-27(34)32-23-7-5-8-24(16-23)39-3/h4-5,7-16H,1,6,17-18H2,2-3H3,(H,32,34)/b26-15-. The number of imide groups is 1. The molecule has 1 N–H and O–H groups in total. The third-order valence-electron chi connectivity index (χ3n) is 5.86. The first kappa shape index (κ1) is 29.3. The lowest BCUT2D eigenvalue weighted by molar-refractivity contribution is -0.127. The number of benzene rings is 3. The second-order valence-corrected chi connectivity index (χ2v) is 11.0. The van der Waals surface area contributed by atoms with E-state index in [1.807, 2.05) is 42.7 Å². The van der Waals surface area contributed by atoms with Gasteiger partial charge in [-0.15, -0.1) is 18.3 Å². The highest BCUT2D eigenvalue weighted by Crippen LogP contribution is 2.37. The predicted octanol–water partition coefficient (Wildman–Crippen LogP) is 7.05. The zero-order valence-electron chi connectivity index (χ0n) is 21.9. The van der Waals surface area contributed by atoms with Gasteiger partial charge in [0.15, 0.2) is 11.5 Å². The van der Waals surface area contributed by atoms with Gasteiger partial charge in [-0.05, 0) is 84.1 Å². The Kier molecular flexibility index (Phi) is 9.98. The van der Waals surface area contributed by atoms with Crippen molar-refractivity contribution in [2.45, 2.75) is 17.9 Å². The lowest BCUT2D eigenvalue weighted by Crippen LogP contribution is -2.36. The molecule has 3 aromatic rings. The summed E-state index contributed by atoms with van der Waals surface area (Å²) in [5.41, 5.74) is 2.99. The predicted molar refractivity (Wildman–Crippen MR) is 162 cm³/mol. The molecule has 0 aromatic heterocycles. The van der Waals surface area contributed by atoms with E-state index in [0.29, 0.717) is 40.8 Å². The maximum atomic E-state index is 13.1. The molecule has 206 valence electrons. The van der Waals surface area contributed by atoms with Crippen molar-refractivity contribution < 1.29 is 23.9 Å². The number of nitrogens with zero attached hydrogens (tertiary/aromatic N) is 1. The van der Waals surface area contributed by atoms with Gasteiger partial charge in [-0.3, -0.25) is 19.3 Å². The summed E-state index contributed by atoms with van der Waals surface area (Å²) in [5, 5.41) is 2.88. The maximum Gasteiger partial charge on any atom is 0.294 e. The number of carbonyl (C=O) groups is 3. The number of allylic oxidation sites excluding steroid dienone is 1. The molecule has 0 spiro atoms. The SMILES string of the molecule is C=CCc1cc(/C=C2\SC(=O)N(CC(=O)Nc3cccc(SC)c3)C2=O)cc(OC)c1OCc1ccc(Cl)cc1. The van der Waals surface area contributed by atoms with Crippen LogP contribution >= 0.6 is 35.1 Å². The van der Waals surface area contributed by atoms with Gasteiger partial charge < -0.3 is 14.8 Å². The van der Waals surface area contributed by atoms with Gasteiger partial charge in [0.2, 0.25) is 5.91 Å². The minimum atomic E-state index is -0.532. The van der Waals surface area contributed by atoms with E-state index in [-0.39, 0.29) is 11.4 Å². The average Bonchev–Trinajstić information content (AvgIpc) is 3.20. The van der Waals surface area contributed by atoms with Crippen LogP contribution in [0.4, 0.5) is 10.5 Å². The van der Waals surface area contributed by atoms with Crippen LogP contribution in [0.5, 0.6) is 11.5 Å². The van der Waals surface area contributed by atoms with E-state index in [1.165, 1.54) is 7.11 Å². The first-order valence-electron chi connectivity index (χ1n) is 12.2. The van der Waals surface area contributed by atoms with Crippen molar-refractivity contribution in [1.29, 1.82) is 0 Å². The fourth-order valence-electron chi connectivity index (χ4n) is 3.96. The van der Waals surface area contributed by atoms with Crippen LogP contribution in [0.1, 0.15) is 16.7 Å². The Labute approximate surface area is 246 Å². The Balaban J connectivity index is 1.51. The zero-order valence-corrected chi connectivity index (χ0v) is 24.3. The summed E-state index contributed by atoms with van der Waals surface area (Å²) >= 11 is 8.31. The summed E-state index contributed by atoms with van der Waals surface area (Å²) in [7, 11) is 1.54. The first-order valence-corrected chi connectivity index (χ1v) is 14.6. The van der Waals surface area contributed by atoms with Crippen molar-refractivity contribution in [1.82, 2.24) is 4.90 Å². The largest absolute Gasteiger partial charge is 0.493 e. The van der Waals surface area contributed by atoms with Crippen LogP contribution in [-0.2, 0) is 22.6 Å². The monoisotopic (exact) mass is 594 g/mol. The third kappa shape index (κ3) is 7.29. The van der Waals surface area contributed by atoms with Gasteiger partial charge in [0.25, 0.3) is 11.1 Å². The molecule has 10 heteroatoms. The zero-order chi connectivity index (χ0) is 28.6. The summed E-state index contributed by atoms with van der Waals surface area (Å²) in [6, 6.07) is 18.3. The van der Waals surface area contributed by atoms with Gasteiger partial charge in [0, 0.05) is 21.2 Å². The van der Waals surface area contributed by atoms with Gasteiger partial charge in [0.05, 0.1) is 12.0 Å². The molecule has 3 amide bonds. The number of rotatable bonds is 11. The number of hydrogen-bond donors (Lipinski definition) is 1. The van der Waals surface area contributed by atoms with Crippen LogP contribution in [0.2, 0.25) is 5.02 Å². The summed E-state index contributed by atoms with van der Waals surface area (Å²) < 4.78 is 11.7. The van der Waals surface area contributed by atoms with E-state index < -0.39 is 17.1 Å². The van der Waals surface area contributed by atoms with Gasteiger partial charge in [-0.25, -0.2) is 0 Å². The number of thioether (sulfide) groups is 2. The smallest absolute Gasteiger partial charge is 0.294 e. The van der Waals surface area contributed by atoms with E-state index in [0.717, 1.165) is 32.7 Å². The fourth-order valence-corrected chi connectivity index (χ4v) is 5.38. The minimum absolute atomic E-state index is 0.212. The Hall–Kier alpha value is -3.66. The minimum Gasteiger partial charge on any atom is -0.493 e. The quantitative estimate of drug-likeness (QED) is 0.145. The highest BCUT2D eigenvalue weighted by molar-refractivity contribution is 8.18. The molecular formula is C30H27ClN2O5S2. The average molecular weight is 595 g/mol. The van der Waals surface area contributed by atoms with Crippen molar-refractivity contribution in [2.24, 2.45) is 0 Å². The maximum absolute atomic E-state index is 13.1. The number of hydrogen-bond acceptors (Lipinski definition) is 7. The molecule has 4 rings (SSSR count). The van der Waals surface area contributed by atoms with E-state index >= 15 is 0 Å². The van der Waals surface area contributed by atoms with Crippen LogP contribution in [-0.4, -0.2) is 41.9 Å². The molecule has 0 bridgehead atoms. The fraction of sp³-hybridized carbons (Fsp3) is 0.167. The van der Waals surface area contributed by atoms with Crippen molar-refractivity contribution in [3.63, 3.8) is 0 Å². The topological polar surface area (TPSA) is 84.9 Å². The van der Waals surface area contributed by atoms with Crippen LogP contribution in [0.25, 0.3) is 6.08 Å². The molecule has 7 nitrogen and oxygen atoms in total. The van der Waals surface area contributed by atoms with E-state index in [9.17, 15) is 14.4 Å². The van der Waals surface area contributed by atoms with Crippen LogP contribution in [0.3, 0.4) is 0 Å². The highest BCUT2D eigenvalue weighted by Gasteiger charge is 2.36. The summed E-state index contributed by atoms with van der Waals surface area (Å²) in [6.07, 6.45) is 5.79. The number of nitrogens with one attached hydrogen (secondary N) is 1. The van der Waals surface area contributed by atoms with Crippen molar-refractivity contribution >= 4 is 63.9 Å². The number of carbonyl (C=O) groups excluding carboxylic acids is 3. The molecule has 40 heavy (non-hydrogen) atoms. The van der Waals surface area contributed by atoms with Crippen molar-refractivity contribution in [3.8, 4) is 11.5 Å². The van der Waals surface area contributed by atoms with E-state index in [2.05, 4.69) is 11.9 Å². The molecule has 0 saturated carbocycles. The molecule has 1 aliphatic rings. The first-order chi connectivity index (χ1) is 19.3. The van der Waals surface area contributed by atoms with Crippen LogP contribution in [0, 0.1) is 0 Å².